The van der Waals surface area contributed by atoms with Gasteiger partial charge in [0.1, 0.15) is 0 Å². The summed E-state index contributed by atoms with van der Waals surface area (Å²) in [5.41, 5.74) is 0. The highest BCUT2D eigenvalue weighted by molar-refractivity contribution is 4.70. The molecule has 0 aliphatic heterocycles. The van der Waals surface area contributed by atoms with Crippen LogP contribution in [0.1, 0.15) is 52.4 Å². The monoisotopic (exact) mass is 213 g/mol. The van der Waals surface area contributed by atoms with Crippen molar-refractivity contribution in [3.05, 3.63) is 0 Å². The summed E-state index contributed by atoms with van der Waals surface area (Å²) in [6, 6.07) is 0.625. The van der Waals surface area contributed by atoms with Gasteiger partial charge in [0.05, 0.1) is 6.10 Å². The van der Waals surface area contributed by atoms with E-state index in [1.54, 1.807) is 0 Å². The van der Waals surface area contributed by atoms with Gasteiger partial charge in [-0.25, -0.2) is 0 Å². The van der Waals surface area contributed by atoms with Crippen LogP contribution in [-0.4, -0.2) is 25.8 Å². The third-order valence-corrected chi connectivity index (χ3v) is 3.59. The molecular weight excluding hydrogens is 186 g/mol. The molecule has 90 valence electrons. The van der Waals surface area contributed by atoms with Gasteiger partial charge in [0.2, 0.25) is 0 Å². The first-order valence-electron chi connectivity index (χ1n) is 6.51. The van der Waals surface area contributed by atoms with Crippen molar-refractivity contribution in [3.8, 4) is 0 Å². The zero-order valence-electron chi connectivity index (χ0n) is 10.6. The van der Waals surface area contributed by atoms with Crippen LogP contribution in [0.3, 0.4) is 0 Å². The van der Waals surface area contributed by atoms with E-state index in [9.17, 15) is 0 Å². The Bertz CT molecular complexity index is 153. The maximum Gasteiger partial charge on any atom is 0.0575 e. The Hall–Kier alpha value is -0.0800. The van der Waals surface area contributed by atoms with Gasteiger partial charge in [0.25, 0.3) is 0 Å². The van der Waals surface area contributed by atoms with Crippen LogP contribution in [0, 0.1) is 5.92 Å². The maximum atomic E-state index is 5.90. The molecule has 2 heteroatoms. The number of hydrogen-bond donors (Lipinski definition) is 1. The van der Waals surface area contributed by atoms with E-state index in [0.717, 1.165) is 12.5 Å². The molecule has 1 unspecified atom stereocenters. The summed E-state index contributed by atoms with van der Waals surface area (Å²) in [7, 11) is 2.02. The summed E-state index contributed by atoms with van der Waals surface area (Å²) in [5, 5.41) is 3.25. The molecule has 0 aromatic heterocycles. The third kappa shape index (κ3) is 5.53. The van der Waals surface area contributed by atoms with Gasteiger partial charge in [-0.05, 0) is 58.4 Å². The van der Waals surface area contributed by atoms with E-state index in [1.807, 2.05) is 7.05 Å². The normalized spacial score (nSPS) is 29.0. The van der Waals surface area contributed by atoms with E-state index in [2.05, 4.69) is 19.2 Å². The Labute approximate surface area is 94.8 Å². The minimum absolute atomic E-state index is 0.561. The van der Waals surface area contributed by atoms with Crippen LogP contribution < -0.4 is 5.32 Å². The van der Waals surface area contributed by atoms with Crippen molar-refractivity contribution in [3.63, 3.8) is 0 Å². The van der Waals surface area contributed by atoms with Gasteiger partial charge < -0.3 is 10.1 Å². The smallest absolute Gasteiger partial charge is 0.0575 e. The second kappa shape index (κ2) is 7.24. The van der Waals surface area contributed by atoms with Crippen molar-refractivity contribution >= 4 is 0 Å². The number of nitrogens with one attached hydrogen (secondary N) is 1. The van der Waals surface area contributed by atoms with Crippen LogP contribution in [0.25, 0.3) is 0 Å². The van der Waals surface area contributed by atoms with Crippen molar-refractivity contribution in [2.75, 3.05) is 13.7 Å². The van der Waals surface area contributed by atoms with Crippen molar-refractivity contribution in [1.29, 1.82) is 0 Å². The molecule has 0 radical (unpaired) electrons. The van der Waals surface area contributed by atoms with Crippen molar-refractivity contribution < 1.29 is 4.74 Å². The van der Waals surface area contributed by atoms with E-state index in [4.69, 9.17) is 4.74 Å². The lowest BCUT2D eigenvalue weighted by Gasteiger charge is -2.26. The summed E-state index contributed by atoms with van der Waals surface area (Å²) in [5.74, 6) is 0.925. The Morgan fingerprint density at radius 2 is 1.93 bits per heavy atom. The first-order valence-corrected chi connectivity index (χ1v) is 6.51. The number of hydrogen-bond acceptors (Lipinski definition) is 2. The van der Waals surface area contributed by atoms with Gasteiger partial charge in [0.15, 0.2) is 0 Å². The SMILES string of the molecule is CNC(C)CCCOC1CCC(C)CC1. The van der Waals surface area contributed by atoms with E-state index in [0.29, 0.717) is 12.1 Å². The van der Waals surface area contributed by atoms with Gasteiger partial charge >= 0.3 is 0 Å². The second-order valence-electron chi connectivity index (χ2n) is 5.08. The topological polar surface area (TPSA) is 21.3 Å². The van der Waals surface area contributed by atoms with Gasteiger partial charge in [-0.3, -0.25) is 0 Å². The van der Waals surface area contributed by atoms with E-state index in [-0.39, 0.29) is 0 Å². The largest absolute Gasteiger partial charge is 0.378 e. The molecule has 0 aromatic rings. The minimum atomic E-state index is 0.561. The fourth-order valence-electron chi connectivity index (χ4n) is 2.18. The fraction of sp³-hybridized carbons (Fsp3) is 1.00. The Kier molecular flexibility index (Phi) is 6.26. The molecule has 0 saturated heterocycles. The van der Waals surface area contributed by atoms with E-state index < -0.39 is 0 Å². The summed E-state index contributed by atoms with van der Waals surface area (Å²) in [4.78, 5) is 0. The van der Waals surface area contributed by atoms with Crippen molar-refractivity contribution in [2.24, 2.45) is 5.92 Å². The van der Waals surface area contributed by atoms with Gasteiger partial charge in [-0.1, -0.05) is 6.92 Å². The minimum Gasteiger partial charge on any atom is -0.378 e. The highest BCUT2D eigenvalue weighted by Gasteiger charge is 2.18. The van der Waals surface area contributed by atoms with Crippen LogP contribution in [0.15, 0.2) is 0 Å². The molecule has 0 amide bonds. The fourth-order valence-corrected chi connectivity index (χ4v) is 2.18. The second-order valence-corrected chi connectivity index (χ2v) is 5.08. The van der Waals surface area contributed by atoms with E-state index >= 15 is 0 Å². The molecule has 0 heterocycles. The summed E-state index contributed by atoms with van der Waals surface area (Å²) < 4.78 is 5.90. The van der Waals surface area contributed by atoms with Crippen molar-refractivity contribution in [2.45, 2.75) is 64.5 Å². The average Bonchev–Trinajstić information content (AvgIpc) is 2.26. The number of rotatable bonds is 6. The van der Waals surface area contributed by atoms with Crippen LogP contribution >= 0.6 is 0 Å². The first kappa shape index (κ1) is 13.0. The van der Waals surface area contributed by atoms with E-state index in [1.165, 1.54) is 38.5 Å². The Morgan fingerprint density at radius 1 is 1.27 bits per heavy atom. The molecule has 1 rings (SSSR count). The van der Waals surface area contributed by atoms with Gasteiger partial charge in [-0.2, -0.15) is 0 Å². The molecule has 1 aliphatic rings. The molecule has 15 heavy (non-hydrogen) atoms. The maximum absolute atomic E-state index is 5.90. The molecule has 1 N–H and O–H groups in total. The molecule has 1 fully saturated rings. The first-order chi connectivity index (χ1) is 7.22. The molecule has 0 spiro atoms. The summed E-state index contributed by atoms with van der Waals surface area (Å²) in [6.45, 7) is 5.53. The predicted octanol–water partition coefficient (Wildman–Crippen LogP) is 2.97. The molecular formula is C13H27NO. The zero-order chi connectivity index (χ0) is 11.1. The summed E-state index contributed by atoms with van der Waals surface area (Å²) >= 11 is 0. The molecule has 1 aliphatic carbocycles. The lowest BCUT2D eigenvalue weighted by Crippen LogP contribution is -2.23. The molecule has 0 bridgehead atoms. The Balaban J connectivity index is 1.96. The lowest BCUT2D eigenvalue weighted by molar-refractivity contribution is 0.0174. The Morgan fingerprint density at radius 3 is 2.53 bits per heavy atom. The predicted molar refractivity (Wildman–Crippen MR) is 65.1 cm³/mol. The molecule has 1 saturated carbocycles. The highest BCUT2D eigenvalue weighted by Crippen LogP contribution is 2.25. The summed E-state index contributed by atoms with van der Waals surface area (Å²) in [6.07, 6.45) is 8.25. The van der Waals surface area contributed by atoms with Crippen LogP contribution in [0.4, 0.5) is 0 Å². The van der Waals surface area contributed by atoms with Gasteiger partial charge in [0, 0.05) is 12.6 Å². The zero-order valence-corrected chi connectivity index (χ0v) is 10.6. The van der Waals surface area contributed by atoms with Crippen molar-refractivity contribution in [1.82, 2.24) is 5.32 Å². The third-order valence-electron chi connectivity index (χ3n) is 3.59. The molecule has 2 nitrogen and oxygen atoms in total. The van der Waals surface area contributed by atoms with Crippen LogP contribution in [0.2, 0.25) is 0 Å². The average molecular weight is 213 g/mol. The lowest BCUT2D eigenvalue weighted by atomic mass is 9.89. The van der Waals surface area contributed by atoms with Crippen LogP contribution in [0.5, 0.6) is 0 Å². The highest BCUT2D eigenvalue weighted by atomic mass is 16.5. The quantitative estimate of drug-likeness (QED) is 0.685. The number of ether oxygens (including phenoxy) is 1. The van der Waals surface area contributed by atoms with Gasteiger partial charge in [-0.15, -0.1) is 0 Å². The molecule has 1 atom stereocenters. The standard InChI is InChI=1S/C13H27NO/c1-11-6-8-13(9-7-11)15-10-4-5-12(2)14-3/h11-14H,4-10H2,1-3H3. The van der Waals surface area contributed by atoms with Crippen LogP contribution in [-0.2, 0) is 4.74 Å². The molecule has 0 aromatic carbocycles.